The smallest absolute Gasteiger partial charge is 0.310 e. The van der Waals surface area contributed by atoms with Crippen LogP contribution in [0.3, 0.4) is 0 Å². The van der Waals surface area contributed by atoms with Crippen LogP contribution in [0.1, 0.15) is 32.1 Å². The van der Waals surface area contributed by atoms with Gasteiger partial charge in [0.2, 0.25) is 0 Å². The van der Waals surface area contributed by atoms with E-state index in [1.165, 1.54) is 0 Å². The molecule has 18 heavy (non-hydrogen) atoms. The van der Waals surface area contributed by atoms with E-state index in [0.29, 0.717) is 6.61 Å². The zero-order chi connectivity index (χ0) is 13.1. The summed E-state index contributed by atoms with van der Waals surface area (Å²) in [6.07, 6.45) is 4.76. The number of aliphatic carboxylic acids is 1. The Hall–Kier alpha value is -0.650. The molecule has 0 aromatic carbocycles. The molecule has 0 aromatic rings. The maximum absolute atomic E-state index is 11.2. The number of rotatable bonds is 3. The van der Waals surface area contributed by atoms with Gasteiger partial charge < -0.3 is 14.9 Å². The number of likely N-dealkylation sites (N-methyl/N-ethyl adjacent to an activating group) is 1. The Morgan fingerprint density at radius 3 is 2.61 bits per heavy atom. The molecule has 4 unspecified atom stereocenters. The number of aliphatic hydroxyl groups is 1. The van der Waals surface area contributed by atoms with Crippen molar-refractivity contribution in [3.05, 3.63) is 0 Å². The number of carbonyl (C=O) groups is 1. The Labute approximate surface area is 108 Å². The van der Waals surface area contributed by atoms with Crippen molar-refractivity contribution >= 4 is 5.97 Å². The van der Waals surface area contributed by atoms with Gasteiger partial charge in [0.15, 0.2) is 0 Å². The van der Waals surface area contributed by atoms with Gasteiger partial charge in [-0.15, -0.1) is 0 Å². The number of hydrogen-bond acceptors (Lipinski definition) is 4. The van der Waals surface area contributed by atoms with E-state index in [2.05, 4.69) is 0 Å². The summed E-state index contributed by atoms with van der Waals surface area (Å²) in [4.78, 5) is 13.2. The average molecular weight is 257 g/mol. The molecule has 0 bridgehead atoms. The summed E-state index contributed by atoms with van der Waals surface area (Å²) >= 11 is 0. The number of carboxylic acids is 1. The molecule has 1 saturated heterocycles. The zero-order valence-corrected chi connectivity index (χ0v) is 10.9. The second-order valence-electron chi connectivity index (χ2n) is 5.49. The molecule has 2 rings (SSSR count). The first-order valence-corrected chi connectivity index (χ1v) is 6.82. The largest absolute Gasteiger partial charge is 0.481 e. The van der Waals surface area contributed by atoms with Crippen LogP contribution in [0.4, 0.5) is 0 Å². The minimum Gasteiger partial charge on any atom is -0.481 e. The lowest BCUT2D eigenvalue weighted by atomic mass is 9.97. The summed E-state index contributed by atoms with van der Waals surface area (Å²) in [7, 11) is 1.93. The number of nitrogens with zero attached hydrogens (tertiary/aromatic N) is 1. The maximum Gasteiger partial charge on any atom is 0.310 e. The van der Waals surface area contributed by atoms with Crippen molar-refractivity contribution < 1.29 is 19.7 Å². The highest BCUT2D eigenvalue weighted by atomic mass is 16.5. The van der Waals surface area contributed by atoms with Crippen LogP contribution >= 0.6 is 0 Å². The SMILES string of the molecule is CN(C1CCCCCC1O)C1COCC1C(=O)O. The van der Waals surface area contributed by atoms with Crippen LogP contribution in [-0.2, 0) is 9.53 Å². The van der Waals surface area contributed by atoms with Crippen LogP contribution in [0.2, 0.25) is 0 Å². The molecular formula is C13H23NO4. The van der Waals surface area contributed by atoms with Crippen molar-refractivity contribution in [3.63, 3.8) is 0 Å². The molecule has 4 atom stereocenters. The Morgan fingerprint density at radius 1 is 1.17 bits per heavy atom. The summed E-state index contributed by atoms with van der Waals surface area (Å²) in [5, 5.41) is 19.4. The molecular weight excluding hydrogens is 234 g/mol. The van der Waals surface area contributed by atoms with E-state index in [4.69, 9.17) is 4.74 Å². The van der Waals surface area contributed by atoms with Crippen molar-refractivity contribution in [1.82, 2.24) is 4.90 Å². The van der Waals surface area contributed by atoms with Gasteiger partial charge in [0, 0.05) is 12.1 Å². The van der Waals surface area contributed by atoms with Crippen molar-refractivity contribution in [2.75, 3.05) is 20.3 Å². The molecule has 2 N–H and O–H groups in total. The highest BCUT2D eigenvalue weighted by Gasteiger charge is 2.40. The molecule has 2 fully saturated rings. The van der Waals surface area contributed by atoms with Gasteiger partial charge in [-0.3, -0.25) is 9.69 Å². The van der Waals surface area contributed by atoms with Gasteiger partial charge in [0.1, 0.15) is 0 Å². The van der Waals surface area contributed by atoms with Crippen LogP contribution in [0.15, 0.2) is 0 Å². The average Bonchev–Trinajstić information content (AvgIpc) is 2.72. The third-order valence-corrected chi connectivity index (χ3v) is 4.36. The lowest BCUT2D eigenvalue weighted by Crippen LogP contribution is -2.50. The van der Waals surface area contributed by atoms with Crippen LogP contribution in [-0.4, -0.2) is 59.5 Å². The maximum atomic E-state index is 11.2. The summed E-state index contributed by atoms with van der Waals surface area (Å²) in [6, 6.07) is -0.0405. The van der Waals surface area contributed by atoms with Crippen LogP contribution < -0.4 is 0 Å². The van der Waals surface area contributed by atoms with Gasteiger partial charge in [0.05, 0.1) is 25.2 Å². The lowest BCUT2D eigenvalue weighted by Gasteiger charge is -2.36. The first kappa shape index (κ1) is 13.8. The third-order valence-electron chi connectivity index (χ3n) is 4.36. The van der Waals surface area contributed by atoms with E-state index < -0.39 is 11.9 Å². The van der Waals surface area contributed by atoms with Crippen molar-refractivity contribution in [2.45, 2.75) is 50.3 Å². The van der Waals surface area contributed by atoms with Crippen molar-refractivity contribution in [2.24, 2.45) is 5.92 Å². The zero-order valence-electron chi connectivity index (χ0n) is 10.9. The quantitative estimate of drug-likeness (QED) is 0.729. The van der Waals surface area contributed by atoms with E-state index in [9.17, 15) is 15.0 Å². The monoisotopic (exact) mass is 257 g/mol. The highest BCUT2D eigenvalue weighted by molar-refractivity contribution is 5.71. The molecule has 0 amide bonds. The fraction of sp³-hybridized carbons (Fsp3) is 0.923. The topological polar surface area (TPSA) is 70.0 Å². The Bertz CT molecular complexity index is 297. The summed E-state index contributed by atoms with van der Waals surface area (Å²) < 4.78 is 5.31. The van der Waals surface area contributed by atoms with E-state index in [0.717, 1.165) is 32.1 Å². The minimum atomic E-state index is -0.799. The molecule has 1 aliphatic carbocycles. The molecule has 5 nitrogen and oxygen atoms in total. The normalized spacial score (nSPS) is 37.7. The molecule has 104 valence electrons. The standard InChI is InChI=1S/C13H23NO4/c1-14(10-5-3-2-4-6-12(10)15)11-8-18-7-9(11)13(16)17/h9-12,15H,2-8H2,1H3,(H,16,17). The third kappa shape index (κ3) is 2.84. The summed E-state index contributed by atoms with van der Waals surface area (Å²) in [5.41, 5.74) is 0. The van der Waals surface area contributed by atoms with Gasteiger partial charge in [-0.1, -0.05) is 19.3 Å². The van der Waals surface area contributed by atoms with E-state index in [1.807, 2.05) is 11.9 Å². The van der Waals surface area contributed by atoms with Crippen LogP contribution in [0.25, 0.3) is 0 Å². The number of aliphatic hydroxyl groups excluding tert-OH is 1. The van der Waals surface area contributed by atoms with Crippen LogP contribution in [0.5, 0.6) is 0 Å². The van der Waals surface area contributed by atoms with Gasteiger partial charge >= 0.3 is 5.97 Å². The predicted octanol–water partition coefficient (Wildman–Crippen LogP) is 0.711. The molecule has 1 saturated carbocycles. The molecule has 0 spiro atoms. The number of carboxylic acid groups (broad SMARTS) is 1. The number of ether oxygens (including phenoxy) is 1. The van der Waals surface area contributed by atoms with Crippen molar-refractivity contribution in [3.8, 4) is 0 Å². The molecule has 2 aliphatic rings. The molecule has 1 heterocycles. The highest BCUT2D eigenvalue weighted by Crippen LogP contribution is 2.27. The van der Waals surface area contributed by atoms with E-state index >= 15 is 0 Å². The number of hydrogen-bond donors (Lipinski definition) is 2. The fourth-order valence-electron chi connectivity index (χ4n) is 3.17. The molecule has 1 aliphatic heterocycles. The Kier molecular flexibility index (Phi) is 4.59. The Morgan fingerprint density at radius 2 is 1.89 bits per heavy atom. The first-order valence-electron chi connectivity index (χ1n) is 6.82. The predicted molar refractivity (Wildman–Crippen MR) is 66.4 cm³/mol. The molecule has 0 aromatic heterocycles. The van der Waals surface area contributed by atoms with E-state index in [1.54, 1.807) is 0 Å². The first-order chi connectivity index (χ1) is 8.61. The van der Waals surface area contributed by atoms with Gasteiger partial charge in [-0.2, -0.15) is 0 Å². The lowest BCUT2D eigenvalue weighted by molar-refractivity contribution is -0.143. The van der Waals surface area contributed by atoms with Crippen molar-refractivity contribution in [1.29, 1.82) is 0 Å². The summed E-state index contributed by atoms with van der Waals surface area (Å²) in [5.74, 6) is -1.27. The minimum absolute atomic E-state index is 0.0704. The second kappa shape index (κ2) is 5.99. The fourth-order valence-corrected chi connectivity index (χ4v) is 3.17. The molecule has 0 radical (unpaired) electrons. The summed E-state index contributed by atoms with van der Waals surface area (Å²) in [6.45, 7) is 0.740. The second-order valence-corrected chi connectivity index (χ2v) is 5.49. The Balaban J connectivity index is 2.04. The van der Waals surface area contributed by atoms with Gasteiger partial charge in [-0.25, -0.2) is 0 Å². The van der Waals surface area contributed by atoms with Gasteiger partial charge in [0.25, 0.3) is 0 Å². The van der Waals surface area contributed by atoms with Crippen LogP contribution in [0, 0.1) is 5.92 Å². The van der Waals surface area contributed by atoms with Gasteiger partial charge in [-0.05, 0) is 19.9 Å². The van der Waals surface area contributed by atoms with E-state index in [-0.39, 0.29) is 24.8 Å². The molecule has 5 heteroatoms.